The molecule has 0 aliphatic carbocycles. The first-order valence-electron chi connectivity index (χ1n) is 7.08. The summed E-state index contributed by atoms with van der Waals surface area (Å²) >= 11 is 0. The quantitative estimate of drug-likeness (QED) is 0.913. The van der Waals surface area contributed by atoms with Gasteiger partial charge in [-0.25, -0.2) is 8.42 Å². The van der Waals surface area contributed by atoms with Gasteiger partial charge in [-0.2, -0.15) is 4.31 Å². The summed E-state index contributed by atoms with van der Waals surface area (Å²) in [5.74, 6) is 0. The van der Waals surface area contributed by atoms with Gasteiger partial charge in [0.25, 0.3) is 0 Å². The third-order valence-electron chi connectivity index (χ3n) is 4.25. The van der Waals surface area contributed by atoms with Gasteiger partial charge in [-0.3, -0.25) is 0 Å². The molecule has 1 atom stereocenters. The SMILES string of the molecule is Cc1cc(C)c(C)c(S(=O)(=O)N2CCOCC2CO)c1C. The maximum atomic E-state index is 13.1. The zero-order chi connectivity index (χ0) is 15.8. The summed E-state index contributed by atoms with van der Waals surface area (Å²) in [6.45, 7) is 8.15. The minimum atomic E-state index is -3.64. The molecule has 6 heteroatoms. The lowest BCUT2D eigenvalue weighted by Gasteiger charge is -2.34. The topological polar surface area (TPSA) is 66.8 Å². The maximum absolute atomic E-state index is 13.1. The number of aliphatic hydroxyl groups is 1. The largest absolute Gasteiger partial charge is 0.395 e. The van der Waals surface area contributed by atoms with E-state index in [9.17, 15) is 13.5 Å². The fourth-order valence-electron chi connectivity index (χ4n) is 2.78. The highest BCUT2D eigenvalue weighted by Crippen LogP contribution is 2.30. The van der Waals surface area contributed by atoms with E-state index >= 15 is 0 Å². The van der Waals surface area contributed by atoms with Crippen molar-refractivity contribution in [2.45, 2.75) is 38.6 Å². The standard InChI is InChI=1S/C15H23NO4S/c1-10-7-11(2)13(4)15(12(10)3)21(18,19)16-5-6-20-9-14(16)8-17/h7,14,17H,5-6,8-9H2,1-4H3. The van der Waals surface area contributed by atoms with Gasteiger partial charge in [-0.05, 0) is 49.9 Å². The lowest BCUT2D eigenvalue weighted by Crippen LogP contribution is -2.50. The van der Waals surface area contributed by atoms with Crippen LogP contribution in [0.4, 0.5) is 0 Å². The lowest BCUT2D eigenvalue weighted by atomic mass is 10.0. The zero-order valence-electron chi connectivity index (χ0n) is 13.0. The molecule has 1 aliphatic rings. The number of benzene rings is 1. The zero-order valence-corrected chi connectivity index (χ0v) is 13.8. The van der Waals surface area contributed by atoms with E-state index in [1.165, 1.54) is 4.31 Å². The third-order valence-corrected chi connectivity index (χ3v) is 6.47. The molecular weight excluding hydrogens is 290 g/mol. The first kappa shape index (κ1) is 16.4. The van der Waals surface area contributed by atoms with Crippen molar-refractivity contribution in [2.24, 2.45) is 0 Å². The van der Waals surface area contributed by atoms with Gasteiger partial charge in [0, 0.05) is 6.54 Å². The van der Waals surface area contributed by atoms with E-state index in [4.69, 9.17) is 4.74 Å². The highest BCUT2D eigenvalue weighted by Gasteiger charge is 2.36. The van der Waals surface area contributed by atoms with Crippen molar-refractivity contribution in [3.05, 3.63) is 28.3 Å². The van der Waals surface area contributed by atoms with Crippen LogP contribution in [-0.2, 0) is 14.8 Å². The van der Waals surface area contributed by atoms with Crippen LogP contribution in [-0.4, -0.2) is 50.2 Å². The summed E-state index contributed by atoms with van der Waals surface area (Å²) in [7, 11) is -3.64. The van der Waals surface area contributed by atoms with E-state index in [-0.39, 0.29) is 19.8 Å². The van der Waals surface area contributed by atoms with Gasteiger partial charge in [-0.1, -0.05) is 6.07 Å². The van der Waals surface area contributed by atoms with E-state index in [0.29, 0.717) is 11.5 Å². The van der Waals surface area contributed by atoms with Crippen molar-refractivity contribution in [2.75, 3.05) is 26.4 Å². The molecule has 21 heavy (non-hydrogen) atoms. The Hall–Kier alpha value is -0.950. The first-order valence-corrected chi connectivity index (χ1v) is 8.52. The smallest absolute Gasteiger partial charge is 0.244 e. The molecule has 1 aromatic carbocycles. The molecule has 1 heterocycles. The van der Waals surface area contributed by atoms with Gasteiger partial charge in [0.05, 0.1) is 30.8 Å². The van der Waals surface area contributed by atoms with Gasteiger partial charge in [-0.15, -0.1) is 0 Å². The first-order chi connectivity index (χ1) is 9.80. The summed E-state index contributed by atoms with van der Waals surface area (Å²) in [6, 6.07) is 1.50. The molecule has 0 saturated carbocycles. The number of hydrogen-bond donors (Lipinski definition) is 1. The van der Waals surface area contributed by atoms with Crippen LogP contribution in [0.25, 0.3) is 0 Å². The Morgan fingerprint density at radius 3 is 2.33 bits per heavy atom. The number of rotatable bonds is 3. The second kappa shape index (κ2) is 6.04. The molecule has 0 spiro atoms. The molecule has 0 amide bonds. The molecule has 1 saturated heterocycles. The Morgan fingerprint density at radius 1 is 1.24 bits per heavy atom. The molecule has 1 fully saturated rings. The minimum Gasteiger partial charge on any atom is -0.395 e. The molecule has 1 unspecified atom stereocenters. The fourth-order valence-corrected chi connectivity index (χ4v) is 4.95. The number of nitrogens with zero attached hydrogens (tertiary/aromatic N) is 1. The van der Waals surface area contributed by atoms with Crippen LogP contribution >= 0.6 is 0 Å². The van der Waals surface area contributed by atoms with Crippen molar-refractivity contribution >= 4 is 10.0 Å². The summed E-state index contributed by atoms with van der Waals surface area (Å²) in [5, 5.41) is 9.43. The minimum absolute atomic E-state index is 0.234. The number of hydrogen-bond acceptors (Lipinski definition) is 4. The Balaban J connectivity index is 2.59. The molecule has 1 aliphatic heterocycles. The Morgan fingerprint density at radius 2 is 1.81 bits per heavy atom. The van der Waals surface area contributed by atoms with Gasteiger partial charge < -0.3 is 9.84 Å². The van der Waals surface area contributed by atoms with E-state index in [0.717, 1.165) is 22.3 Å². The van der Waals surface area contributed by atoms with E-state index in [1.807, 2.05) is 33.8 Å². The van der Waals surface area contributed by atoms with Gasteiger partial charge >= 0.3 is 0 Å². The van der Waals surface area contributed by atoms with Crippen LogP contribution in [0, 0.1) is 27.7 Å². The summed E-state index contributed by atoms with van der Waals surface area (Å²) < 4.78 is 32.8. The van der Waals surface area contributed by atoms with E-state index in [1.54, 1.807) is 0 Å². The van der Waals surface area contributed by atoms with Crippen LogP contribution in [0.2, 0.25) is 0 Å². The van der Waals surface area contributed by atoms with Crippen LogP contribution in [0.1, 0.15) is 22.3 Å². The predicted molar refractivity (Wildman–Crippen MR) is 81.0 cm³/mol. The number of aliphatic hydroxyl groups excluding tert-OH is 1. The Labute approximate surface area is 126 Å². The lowest BCUT2D eigenvalue weighted by molar-refractivity contribution is 0.0109. The van der Waals surface area contributed by atoms with E-state index < -0.39 is 16.1 Å². The molecule has 2 rings (SSSR count). The van der Waals surface area contributed by atoms with Crippen molar-refractivity contribution in [3.63, 3.8) is 0 Å². The molecular formula is C15H23NO4S. The highest BCUT2D eigenvalue weighted by molar-refractivity contribution is 7.89. The van der Waals surface area contributed by atoms with Crippen molar-refractivity contribution in [3.8, 4) is 0 Å². The molecule has 1 aromatic rings. The van der Waals surface area contributed by atoms with Crippen LogP contribution in [0.5, 0.6) is 0 Å². The maximum Gasteiger partial charge on any atom is 0.244 e. The van der Waals surface area contributed by atoms with Gasteiger partial charge in [0.1, 0.15) is 0 Å². The second-order valence-corrected chi connectivity index (χ2v) is 7.44. The number of aryl methyl sites for hydroxylation is 2. The fraction of sp³-hybridized carbons (Fsp3) is 0.600. The molecule has 0 bridgehead atoms. The molecule has 118 valence electrons. The van der Waals surface area contributed by atoms with E-state index in [2.05, 4.69) is 0 Å². The van der Waals surface area contributed by atoms with Crippen LogP contribution < -0.4 is 0 Å². The molecule has 1 N–H and O–H groups in total. The summed E-state index contributed by atoms with van der Waals surface area (Å²) in [6.07, 6.45) is 0. The highest BCUT2D eigenvalue weighted by atomic mass is 32.2. The monoisotopic (exact) mass is 313 g/mol. The average Bonchev–Trinajstić information content (AvgIpc) is 2.45. The normalized spacial score (nSPS) is 20.7. The van der Waals surface area contributed by atoms with Gasteiger partial charge in [0.2, 0.25) is 10.0 Å². The van der Waals surface area contributed by atoms with Crippen LogP contribution in [0.3, 0.4) is 0 Å². The van der Waals surface area contributed by atoms with Crippen molar-refractivity contribution in [1.82, 2.24) is 4.31 Å². The number of sulfonamides is 1. The average molecular weight is 313 g/mol. The number of ether oxygens (including phenoxy) is 1. The van der Waals surface area contributed by atoms with Crippen molar-refractivity contribution < 1.29 is 18.3 Å². The summed E-state index contributed by atoms with van der Waals surface area (Å²) in [4.78, 5) is 0.375. The molecule has 5 nitrogen and oxygen atoms in total. The predicted octanol–water partition coefficient (Wildman–Crippen LogP) is 1.30. The third kappa shape index (κ3) is 2.85. The van der Waals surface area contributed by atoms with Gasteiger partial charge in [0.15, 0.2) is 0 Å². The van der Waals surface area contributed by atoms with Crippen molar-refractivity contribution in [1.29, 1.82) is 0 Å². The van der Waals surface area contributed by atoms with Crippen LogP contribution in [0.15, 0.2) is 11.0 Å². The summed E-state index contributed by atoms with van der Waals surface area (Å²) in [5.41, 5.74) is 3.48. The number of morpholine rings is 1. The molecule has 0 radical (unpaired) electrons. The Kier molecular flexibility index (Phi) is 4.72. The Bertz CT molecular complexity index is 613. The molecule has 0 aromatic heterocycles. The second-order valence-electron chi connectivity index (χ2n) is 5.62.